The predicted molar refractivity (Wildman–Crippen MR) is 145 cm³/mol. The molecule has 0 saturated carbocycles. The number of aliphatic hydroxyl groups is 1. The zero-order chi connectivity index (χ0) is 27.8. The SMILES string of the molecule is CCOc1cc2c(c(F)c1OCC)C(=N)N(CC(=O)c1cc(N3CCC(O)C3)c(OC)c(C(C)(C)C)c1)C2. The van der Waals surface area contributed by atoms with Crippen LogP contribution in [0.5, 0.6) is 17.2 Å². The average Bonchev–Trinajstić information content (AvgIpc) is 3.43. The van der Waals surface area contributed by atoms with Gasteiger partial charge in [0.25, 0.3) is 0 Å². The number of fused-ring (bicyclic) bond motifs is 1. The molecule has 2 N–H and O–H groups in total. The van der Waals surface area contributed by atoms with Crippen molar-refractivity contribution in [3.05, 3.63) is 46.3 Å². The first-order valence-corrected chi connectivity index (χ1v) is 13.1. The molecule has 2 heterocycles. The second kappa shape index (κ2) is 10.8. The van der Waals surface area contributed by atoms with Gasteiger partial charge in [0.2, 0.25) is 0 Å². The van der Waals surface area contributed by atoms with Gasteiger partial charge in [0.05, 0.1) is 44.2 Å². The van der Waals surface area contributed by atoms with Gasteiger partial charge in [-0.05, 0) is 49.4 Å². The number of anilines is 1. The smallest absolute Gasteiger partial charge is 0.197 e. The molecular weight excluding hydrogens is 489 g/mol. The summed E-state index contributed by atoms with van der Waals surface area (Å²) in [5, 5.41) is 18.8. The van der Waals surface area contributed by atoms with Gasteiger partial charge in [-0.3, -0.25) is 10.2 Å². The van der Waals surface area contributed by atoms with Gasteiger partial charge in [0.15, 0.2) is 23.1 Å². The first kappa shape index (κ1) is 27.7. The molecule has 0 aliphatic carbocycles. The average molecular weight is 528 g/mol. The zero-order valence-electron chi connectivity index (χ0n) is 23.1. The van der Waals surface area contributed by atoms with E-state index in [1.165, 1.54) is 0 Å². The second-order valence-electron chi connectivity index (χ2n) is 10.8. The largest absolute Gasteiger partial charge is 0.494 e. The van der Waals surface area contributed by atoms with Crippen molar-refractivity contribution in [2.45, 2.75) is 59.1 Å². The topological polar surface area (TPSA) is 95.3 Å². The lowest BCUT2D eigenvalue weighted by Gasteiger charge is -2.29. The predicted octanol–water partition coefficient (Wildman–Crippen LogP) is 4.52. The number of amidine groups is 1. The molecule has 2 aliphatic heterocycles. The monoisotopic (exact) mass is 527 g/mol. The first-order chi connectivity index (χ1) is 18.0. The summed E-state index contributed by atoms with van der Waals surface area (Å²) >= 11 is 0. The van der Waals surface area contributed by atoms with Crippen LogP contribution in [0.25, 0.3) is 0 Å². The molecule has 4 rings (SSSR count). The van der Waals surface area contributed by atoms with Crippen LogP contribution in [0.2, 0.25) is 0 Å². The van der Waals surface area contributed by atoms with Crippen LogP contribution >= 0.6 is 0 Å². The fourth-order valence-electron chi connectivity index (χ4n) is 5.16. The Bertz CT molecular complexity index is 1240. The molecule has 9 heteroatoms. The molecule has 38 heavy (non-hydrogen) atoms. The maximum absolute atomic E-state index is 15.5. The Labute approximate surface area is 223 Å². The maximum atomic E-state index is 15.5. The molecule has 1 unspecified atom stereocenters. The Morgan fingerprint density at radius 3 is 2.45 bits per heavy atom. The minimum Gasteiger partial charge on any atom is -0.494 e. The van der Waals surface area contributed by atoms with E-state index in [1.54, 1.807) is 25.0 Å². The number of β-amino-alcohol motifs (C(OH)–C–C–N with tert-alkyl or cyclic N) is 1. The molecule has 0 spiro atoms. The number of ether oxygens (including phenoxy) is 3. The normalized spacial score (nSPS) is 17.2. The minimum absolute atomic E-state index is 0.00607. The van der Waals surface area contributed by atoms with Crippen molar-refractivity contribution in [2.75, 3.05) is 44.9 Å². The van der Waals surface area contributed by atoms with E-state index < -0.39 is 11.9 Å². The Morgan fingerprint density at radius 2 is 1.87 bits per heavy atom. The fourth-order valence-corrected chi connectivity index (χ4v) is 5.16. The molecule has 8 nitrogen and oxygen atoms in total. The highest BCUT2D eigenvalue weighted by molar-refractivity contribution is 6.06. The number of Topliss-reactive ketones (excluding diaryl/α,β-unsaturated/α-hetero) is 1. The number of ketones is 1. The summed E-state index contributed by atoms with van der Waals surface area (Å²) in [5.41, 5.74) is 2.57. The molecule has 0 amide bonds. The van der Waals surface area contributed by atoms with Crippen molar-refractivity contribution >= 4 is 17.3 Å². The minimum atomic E-state index is -0.637. The number of benzene rings is 2. The lowest BCUT2D eigenvalue weighted by atomic mass is 9.84. The van der Waals surface area contributed by atoms with E-state index >= 15 is 4.39 Å². The standard InChI is InChI=1S/C29H38FN3O5/c1-7-37-23-13-18-14-33(28(31)24(18)25(30)27(23)38-8-2)16-22(35)17-11-20(29(3,4)5)26(36-6)21(12-17)32-10-9-19(34)15-32/h11-13,19,31,34H,7-10,14-16H2,1-6H3. The van der Waals surface area contributed by atoms with Crippen LogP contribution in [0.3, 0.4) is 0 Å². The van der Waals surface area contributed by atoms with Crippen molar-refractivity contribution in [1.82, 2.24) is 4.90 Å². The van der Waals surface area contributed by atoms with Crippen LogP contribution in [0, 0.1) is 11.2 Å². The molecule has 2 aliphatic rings. The van der Waals surface area contributed by atoms with Crippen LogP contribution in [0.1, 0.15) is 68.1 Å². The van der Waals surface area contributed by atoms with E-state index in [-0.39, 0.29) is 48.0 Å². The summed E-state index contributed by atoms with van der Waals surface area (Å²) in [4.78, 5) is 17.3. The lowest BCUT2D eigenvalue weighted by molar-refractivity contribution is 0.0962. The number of aliphatic hydroxyl groups excluding tert-OH is 1. The second-order valence-corrected chi connectivity index (χ2v) is 10.8. The third kappa shape index (κ3) is 5.16. The summed E-state index contributed by atoms with van der Waals surface area (Å²) < 4.78 is 32.4. The Morgan fingerprint density at radius 1 is 1.16 bits per heavy atom. The van der Waals surface area contributed by atoms with Crippen molar-refractivity contribution in [3.63, 3.8) is 0 Å². The van der Waals surface area contributed by atoms with Crippen LogP contribution < -0.4 is 19.1 Å². The number of nitrogens with one attached hydrogen (secondary N) is 1. The maximum Gasteiger partial charge on any atom is 0.197 e. The summed E-state index contributed by atoms with van der Waals surface area (Å²) in [5.74, 6) is 0.109. The van der Waals surface area contributed by atoms with Gasteiger partial charge in [0.1, 0.15) is 11.6 Å². The Balaban J connectivity index is 1.67. The lowest BCUT2D eigenvalue weighted by Crippen LogP contribution is -2.31. The van der Waals surface area contributed by atoms with Gasteiger partial charge in [0, 0.05) is 30.8 Å². The first-order valence-electron chi connectivity index (χ1n) is 13.1. The number of carbonyl (C=O) groups is 1. The Kier molecular flexibility index (Phi) is 7.88. The van der Waals surface area contributed by atoms with Gasteiger partial charge in [-0.1, -0.05) is 20.8 Å². The van der Waals surface area contributed by atoms with Gasteiger partial charge in [-0.2, -0.15) is 0 Å². The number of hydrogen-bond acceptors (Lipinski definition) is 7. The molecule has 1 saturated heterocycles. The summed E-state index contributed by atoms with van der Waals surface area (Å²) in [6, 6.07) is 5.36. The number of methoxy groups -OCH3 is 1. The van der Waals surface area contributed by atoms with E-state index in [4.69, 9.17) is 19.6 Å². The third-order valence-corrected chi connectivity index (χ3v) is 7.01. The highest BCUT2D eigenvalue weighted by Crippen LogP contribution is 2.42. The van der Waals surface area contributed by atoms with Crippen molar-refractivity contribution in [2.24, 2.45) is 0 Å². The van der Waals surface area contributed by atoms with E-state index in [0.29, 0.717) is 48.7 Å². The summed E-state index contributed by atoms with van der Waals surface area (Å²) in [7, 11) is 1.62. The molecule has 1 fully saturated rings. The van der Waals surface area contributed by atoms with E-state index in [1.807, 2.05) is 24.0 Å². The van der Waals surface area contributed by atoms with Gasteiger partial charge >= 0.3 is 0 Å². The number of nitrogens with zero attached hydrogens (tertiary/aromatic N) is 2. The zero-order valence-corrected chi connectivity index (χ0v) is 23.1. The molecular formula is C29H38FN3O5. The number of hydrogen-bond donors (Lipinski definition) is 2. The quantitative estimate of drug-likeness (QED) is 0.463. The number of carbonyl (C=O) groups excluding carboxylic acids is 1. The number of halogens is 1. The molecule has 206 valence electrons. The molecule has 2 aromatic carbocycles. The molecule has 0 radical (unpaired) electrons. The van der Waals surface area contributed by atoms with E-state index in [0.717, 1.165) is 11.3 Å². The summed E-state index contributed by atoms with van der Waals surface area (Å²) in [6.07, 6.45) is 0.216. The van der Waals surface area contributed by atoms with Gasteiger partial charge < -0.3 is 29.1 Å². The van der Waals surface area contributed by atoms with Crippen molar-refractivity contribution in [3.8, 4) is 17.2 Å². The van der Waals surface area contributed by atoms with Crippen LogP contribution in [-0.4, -0.2) is 67.7 Å². The highest BCUT2D eigenvalue weighted by atomic mass is 19.1. The van der Waals surface area contributed by atoms with Crippen molar-refractivity contribution in [1.29, 1.82) is 5.41 Å². The molecule has 1 atom stereocenters. The number of rotatable bonds is 9. The molecule has 0 aromatic heterocycles. The van der Waals surface area contributed by atoms with Crippen LogP contribution in [0.4, 0.5) is 10.1 Å². The Hall–Kier alpha value is -3.33. The summed E-state index contributed by atoms with van der Waals surface area (Å²) in [6.45, 7) is 11.6. The third-order valence-electron chi connectivity index (χ3n) is 7.01. The van der Waals surface area contributed by atoms with E-state index in [9.17, 15) is 9.90 Å². The highest BCUT2D eigenvalue weighted by Gasteiger charge is 2.34. The van der Waals surface area contributed by atoms with Crippen LogP contribution in [0.15, 0.2) is 18.2 Å². The van der Waals surface area contributed by atoms with E-state index in [2.05, 4.69) is 20.8 Å². The van der Waals surface area contributed by atoms with Gasteiger partial charge in [-0.25, -0.2) is 4.39 Å². The van der Waals surface area contributed by atoms with Gasteiger partial charge in [-0.15, -0.1) is 0 Å². The van der Waals surface area contributed by atoms with Crippen LogP contribution in [-0.2, 0) is 12.0 Å². The van der Waals surface area contributed by atoms with Crippen molar-refractivity contribution < 1.29 is 28.5 Å². The fraction of sp³-hybridized carbons (Fsp3) is 0.517. The molecule has 0 bridgehead atoms. The molecule has 2 aromatic rings.